The molecule has 1 unspecified atom stereocenters. The second-order valence-electron chi connectivity index (χ2n) is 9.87. The number of hydrogen-bond donors (Lipinski definition) is 1. The molecule has 1 N–H and O–H groups in total. The zero-order valence-corrected chi connectivity index (χ0v) is 21.1. The number of amides is 1. The molecule has 0 radical (unpaired) electrons. The average Bonchev–Trinajstić information content (AvgIpc) is 3.67. The maximum atomic E-state index is 13.3. The summed E-state index contributed by atoms with van der Waals surface area (Å²) >= 11 is 6.11. The first-order valence-electron chi connectivity index (χ1n) is 12.4. The van der Waals surface area contributed by atoms with Gasteiger partial charge in [0.25, 0.3) is 0 Å². The monoisotopic (exact) mass is 497 g/mol. The molecule has 3 atom stereocenters. The van der Waals surface area contributed by atoms with E-state index in [0.29, 0.717) is 36.1 Å². The van der Waals surface area contributed by atoms with Gasteiger partial charge in [-0.05, 0) is 61.6 Å². The van der Waals surface area contributed by atoms with Crippen molar-refractivity contribution in [2.75, 3.05) is 13.1 Å². The average molecular weight is 498 g/mol. The molecule has 7 heteroatoms. The van der Waals surface area contributed by atoms with Gasteiger partial charge in [-0.15, -0.1) is 0 Å². The van der Waals surface area contributed by atoms with E-state index in [0.717, 1.165) is 24.1 Å². The van der Waals surface area contributed by atoms with Gasteiger partial charge >= 0.3 is 0 Å². The summed E-state index contributed by atoms with van der Waals surface area (Å²) in [5, 5.41) is 3.88. The first-order valence-corrected chi connectivity index (χ1v) is 12.8. The highest BCUT2D eigenvalue weighted by molar-refractivity contribution is 6.30. The first kappa shape index (κ1) is 25.4. The Hall–Kier alpha value is -2.66. The van der Waals surface area contributed by atoms with Crippen molar-refractivity contribution in [3.05, 3.63) is 76.2 Å². The molecule has 1 aliphatic carbocycles. The molecule has 0 spiro atoms. The SMILES string of the molecule is C[C@@H]1CN(CC(NC(=O)CCC2CC2)c2ccc(Cl)cc2)[C@@H](C)C(=C=O)N1Cc1ccc(F)cc1. The van der Waals surface area contributed by atoms with Crippen molar-refractivity contribution in [2.45, 2.75) is 64.2 Å². The van der Waals surface area contributed by atoms with Gasteiger partial charge in [-0.25, -0.2) is 9.18 Å². The smallest absolute Gasteiger partial charge is 0.220 e. The van der Waals surface area contributed by atoms with E-state index in [2.05, 4.69) is 23.1 Å². The zero-order chi connectivity index (χ0) is 24.9. The molecule has 4 rings (SSSR count). The van der Waals surface area contributed by atoms with Gasteiger partial charge < -0.3 is 10.2 Å². The first-order chi connectivity index (χ1) is 16.8. The molecular formula is C28H33ClFN3O2. The number of halogens is 2. The van der Waals surface area contributed by atoms with E-state index in [1.807, 2.05) is 36.1 Å². The third-order valence-electron chi connectivity index (χ3n) is 7.16. The lowest BCUT2D eigenvalue weighted by molar-refractivity contribution is -0.122. The van der Waals surface area contributed by atoms with E-state index >= 15 is 0 Å². The number of carbonyl (C=O) groups excluding carboxylic acids is 2. The standard InChI is InChI=1S/C28H33ClFN3O2/c1-19-15-32(20(2)27(18-34)33(19)16-22-5-12-25(30)13-6-22)17-26(23-8-10-24(29)11-9-23)31-28(35)14-7-21-3-4-21/h5-6,8-13,19-21,26H,3-4,7,14-17H2,1-2H3,(H,31,35)/t19-,20+,26?/m1/s1. The molecule has 2 aromatic carbocycles. The second-order valence-corrected chi connectivity index (χ2v) is 10.3. The van der Waals surface area contributed by atoms with Crippen molar-refractivity contribution < 1.29 is 14.0 Å². The molecule has 35 heavy (non-hydrogen) atoms. The van der Waals surface area contributed by atoms with Crippen LogP contribution in [0.25, 0.3) is 0 Å². The van der Waals surface area contributed by atoms with Crippen LogP contribution in [0.4, 0.5) is 4.39 Å². The Labute approximate surface area is 211 Å². The van der Waals surface area contributed by atoms with E-state index in [9.17, 15) is 14.0 Å². The molecule has 186 valence electrons. The Bertz CT molecular complexity index is 1060. The van der Waals surface area contributed by atoms with Gasteiger partial charge in [0.1, 0.15) is 17.5 Å². The van der Waals surface area contributed by atoms with Gasteiger partial charge in [0.05, 0.1) is 12.1 Å². The highest BCUT2D eigenvalue weighted by atomic mass is 35.5. The number of nitrogens with one attached hydrogen (secondary N) is 1. The number of nitrogens with zero attached hydrogens (tertiary/aromatic N) is 2. The van der Waals surface area contributed by atoms with Gasteiger partial charge in [-0.3, -0.25) is 9.69 Å². The maximum absolute atomic E-state index is 13.3. The summed E-state index contributed by atoms with van der Waals surface area (Å²) in [5.74, 6) is 2.64. The lowest BCUT2D eigenvalue weighted by atomic mass is 10.00. The molecular weight excluding hydrogens is 465 g/mol. The Kier molecular flexibility index (Phi) is 8.27. The van der Waals surface area contributed by atoms with Crippen LogP contribution in [0.2, 0.25) is 5.02 Å². The predicted octanol–water partition coefficient (Wildman–Crippen LogP) is 5.14. The van der Waals surface area contributed by atoms with Crippen LogP contribution in [0.5, 0.6) is 0 Å². The minimum absolute atomic E-state index is 0.0455. The van der Waals surface area contributed by atoms with Crippen LogP contribution in [-0.2, 0) is 16.1 Å². The van der Waals surface area contributed by atoms with E-state index in [1.54, 1.807) is 12.1 Å². The lowest BCUT2D eigenvalue weighted by Gasteiger charge is -2.46. The van der Waals surface area contributed by atoms with E-state index in [4.69, 9.17) is 11.6 Å². The van der Waals surface area contributed by atoms with Gasteiger partial charge in [0.2, 0.25) is 5.91 Å². The molecule has 1 aliphatic heterocycles. The molecule has 2 fully saturated rings. The molecule has 1 heterocycles. The third kappa shape index (κ3) is 6.72. The highest BCUT2D eigenvalue weighted by Crippen LogP contribution is 2.33. The van der Waals surface area contributed by atoms with Crippen LogP contribution in [0.1, 0.15) is 56.7 Å². The summed E-state index contributed by atoms with van der Waals surface area (Å²) in [4.78, 5) is 29.1. The van der Waals surface area contributed by atoms with Gasteiger partial charge in [0.15, 0.2) is 0 Å². The Morgan fingerprint density at radius 3 is 2.46 bits per heavy atom. The van der Waals surface area contributed by atoms with Gasteiger partial charge in [-0.2, -0.15) is 0 Å². The van der Waals surface area contributed by atoms with Gasteiger partial charge in [-0.1, -0.05) is 48.7 Å². The molecule has 1 amide bonds. The number of hydrogen-bond acceptors (Lipinski definition) is 4. The predicted molar refractivity (Wildman–Crippen MR) is 136 cm³/mol. The topological polar surface area (TPSA) is 52.7 Å². The molecule has 5 nitrogen and oxygen atoms in total. The quantitative estimate of drug-likeness (QED) is 0.487. The van der Waals surface area contributed by atoms with Crippen molar-refractivity contribution in [2.24, 2.45) is 5.92 Å². The number of piperazine rings is 1. The largest absolute Gasteiger partial charge is 0.356 e. The van der Waals surface area contributed by atoms with Crippen LogP contribution in [0, 0.1) is 11.7 Å². The third-order valence-corrected chi connectivity index (χ3v) is 7.41. The second kappa shape index (κ2) is 11.4. The fraction of sp³-hybridized carbons (Fsp3) is 0.464. The fourth-order valence-electron chi connectivity index (χ4n) is 4.82. The molecule has 0 aromatic heterocycles. The zero-order valence-electron chi connectivity index (χ0n) is 20.3. The number of carbonyl (C=O) groups is 1. The van der Waals surface area contributed by atoms with Crippen LogP contribution in [-0.4, -0.2) is 46.8 Å². The normalized spacial score (nSPS) is 21.5. The molecule has 0 bridgehead atoms. The van der Waals surface area contributed by atoms with Crippen molar-refractivity contribution >= 4 is 23.4 Å². The molecule has 2 aliphatic rings. The lowest BCUT2D eigenvalue weighted by Crippen LogP contribution is -2.56. The summed E-state index contributed by atoms with van der Waals surface area (Å²) in [7, 11) is 0. The van der Waals surface area contributed by atoms with Crippen molar-refractivity contribution in [1.82, 2.24) is 15.1 Å². The Morgan fingerprint density at radius 1 is 1.14 bits per heavy atom. The number of benzene rings is 2. The van der Waals surface area contributed by atoms with Crippen LogP contribution in [0.15, 0.2) is 54.2 Å². The van der Waals surface area contributed by atoms with E-state index in [-0.39, 0.29) is 29.8 Å². The van der Waals surface area contributed by atoms with Crippen LogP contribution in [0.3, 0.4) is 0 Å². The van der Waals surface area contributed by atoms with Gasteiger partial charge in [0, 0.05) is 37.1 Å². The highest BCUT2D eigenvalue weighted by Gasteiger charge is 2.35. The Morgan fingerprint density at radius 2 is 1.83 bits per heavy atom. The Balaban J connectivity index is 1.48. The van der Waals surface area contributed by atoms with Crippen molar-refractivity contribution in [1.29, 1.82) is 0 Å². The van der Waals surface area contributed by atoms with Crippen LogP contribution < -0.4 is 5.32 Å². The summed E-state index contributed by atoms with van der Waals surface area (Å²) in [5.41, 5.74) is 2.50. The summed E-state index contributed by atoms with van der Waals surface area (Å²) in [6.45, 7) is 5.87. The van der Waals surface area contributed by atoms with Crippen LogP contribution >= 0.6 is 11.6 Å². The van der Waals surface area contributed by atoms with E-state index < -0.39 is 0 Å². The molecule has 2 aromatic rings. The minimum Gasteiger partial charge on any atom is -0.356 e. The maximum Gasteiger partial charge on any atom is 0.220 e. The summed E-state index contributed by atoms with van der Waals surface area (Å²) in [6.07, 6.45) is 3.93. The van der Waals surface area contributed by atoms with Crippen molar-refractivity contribution in [3.8, 4) is 0 Å². The van der Waals surface area contributed by atoms with Crippen molar-refractivity contribution in [3.63, 3.8) is 0 Å². The summed E-state index contributed by atoms with van der Waals surface area (Å²) < 4.78 is 13.3. The fourth-order valence-corrected chi connectivity index (χ4v) is 4.95. The van der Waals surface area contributed by atoms with E-state index in [1.165, 1.54) is 25.0 Å². The minimum atomic E-state index is -0.279. The summed E-state index contributed by atoms with van der Waals surface area (Å²) in [6, 6.07) is 13.6. The molecule has 1 saturated heterocycles. The number of rotatable bonds is 9. The molecule has 1 saturated carbocycles.